The highest BCUT2D eigenvalue weighted by Gasteiger charge is 2.34. The van der Waals surface area contributed by atoms with Gasteiger partial charge in [0.25, 0.3) is 0 Å². The molecule has 6 heteroatoms. The molecule has 1 fully saturated rings. The van der Waals surface area contributed by atoms with Crippen molar-refractivity contribution in [1.82, 2.24) is 10.6 Å². The van der Waals surface area contributed by atoms with E-state index in [-0.39, 0.29) is 36.3 Å². The van der Waals surface area contributed by atoms with Crippen molar-refractivity contribution in [2.24, 2.45) is 10.4 Å². The van der Waals surface area contributed by atoms with Gasteiger partial charge in [0.05, 0.1) is 18.2 Å². The van der Waals surface area contributed by atoms with Crippen molar-refractivity contribution in [2.45, 2.75) is 46.1 Å². The SMILES string of the molecule is CCNC(=NCc1cc(C#N)ccc1F)NCC1(CC)CCC1.I. The van der Waals surface area contributed by atoms with Gasteiger partial charge in [0, 0.05) is 18.7 Å². The van der Waals surface area contributed by atoms with E-state index in [0.29, 0.717) is 22.5 Å². The summed E-state index contributed by atoms with van der Waals surface area (Å²) in [6.45, 7) is 6.11. The Morgan fingerprint density at radius 1 is 1.33 bits per heavy atom. The van der Waals surface area contributed by atoms with Crippen LogP contribution in [-0.2, 0) is 6.54 Å². The van der Waals surface area contributed by atoms with Gasteiger partial charge in [0.1, 0.15) is 5.82 Å². The van der Waals surface area contributed by atoms with Crippen LogP contribution in [0, 0.1) is 22.6 Å². The second-order valence-corrected chi connectivity index (χ2v) is 6.17. The van der Waals surface area contributed by atoms with Crippen LogP contribution >= 0.6 is 24.0 Å². The molecular formula is C18H26FIN4. The van der Waals surface area contributed by atoms with E-state index in [4.69, 9.17) is 5.26 Å². The molecule has 24 heavy (non-hydrogen) atoms. The van der Waals surface area contributed by atoms with Crippen molar-refractivity contribution in [3.63, 3.8) is 0 Å². The maximum absolute atomic E-state index is 13.8. The first-order valence-corrected chi connectivity index (χ1v) is 8.33. The molecule has 0 heterocycles. The molecule has 0 atom stereocenters. The van der Waals surface area contributed by atoms with Gasteiger partial charge in [-0.05, 0) is 49.8 Å². The lowest BCUT2D eigenvalue weighted by Gasteiger charge is -2.41. The topological polar surface area (TPSA) is 60.2 Å². The molecule has 1 aliphatic carbocycles. The van der Waals surface area contributed by atoms with Crippen LogP contribution in [0.2, 0.25) is 0 Å². The monoisotopic (exact) mass is 444 g/mol. The molecule has 0 aliphatic heterocycles. The van der Waals surface area contributed by atoms with Crippen LogP contribution in [0.25, 0.3) is 0 Å². The number of rotatable bonds is 6. The van der Waals surface area contributed by atoms with Crippen molar-refractivity contribution in [2.75, 3.05) is 13.1 Å². The summed E-state index contributed by atoms with van der Waals surface area (Å²) in [5.74, 6) is 0.376. The quantitative estimate of drug-likeness (QED) is 0.397. The summed E-state index contributed by atoms with van der Waals surface area (Å²) in [5, 5.41) is 15.5. The van der Waals surface area contributed by atoms with Gasteiger partial charge in [-0.25, -0.2) is 9.38 Å². The molecule has 0 aromatic heterocycles. The first kappa shape index (κ1) is 20.7. The second-order valence-electron chi connectivity index (χ2n) is 6.17. The van der Waals surface area contributed by atoms with E-state index in [2.05, 4.69) is 22.5 Å². The van der Waals surface area contributed by atoms with Crippen LogP contribution < -0.4 is 10.6 Å². The highest BCUT2D eigenvalue weighted by molar-refractivity contribution is 14.0. The van der Waals surface area contributed by atoms with Crippen molar-refractivity contribution in [3.8, 4) is 6.07 Å². The third-order valence-corrected chi connectivity index (χ3v) is 4.72. The predicted molar refractivity (Wildman–Crippen MR) is 106 cm³/mol. The molecule has 1 aromatic carbocycles. The van der Waals surface area contributed by atoms with E-state index in [9.17, 15) is 4.39 Å². The Kier molecular flexibility index (Phi) is 8.46. The minimum atomic E-state index is -0.326. The summed E-state index contributed by atoms with van der Waals surface area (Å²) >= 11 is 0. The summed E-state index contributed by atoms with van der Waals surface area (Å²) in [7, 11) is 0. The number of hydrogen-bond acceptors (Lipinski definition) is 2. The number of nitriles is 1. The van der Waals surface area contributed by atoms with E-state index in [1.807, 2.05) is 13.0 Å². The van der Waals surface area contributed by atoms with Crippen LogP contribution in [0.15, 0.2) is 23.2 Å². The van der Waals surface area contributed by atoms with Crippen molar-refractivity contribution < 1.29 is 4.39 Å². The van der Waals surface area contributed by atoms with E-state index >= 15 is 0 Å². The molecule has 0 unspecified atom stereocenters. The summed E-state index contributed by atoms with van der Waals surface area (Å²) < 4.78 is 13.8. The number of hydrogen-bond donors (Lipinski definition) is 2. The number of aliphatic imine (C=N–C) groups is 1. The third kappa shape index (κ3) is 5.33. The first-order chi connectivity index (χ1) is 11.1. The van der Waals surface area contributed by atoms with Crippen LogP contribution in [0.5, 0.6) is 0 Å². The minimum absolute atomic E-state index is 0. The number of nitrogens with zero attached hydrogens (tertiary/aromatic N) is 2. The molecular weight excluding hydrogens is 418 g/mol. The standard InChI is InChI=1S/C18H25FN4.HI/c1-3-18(8-5-9-18)13-23-17(21-4-2)22-12-15-10-14(11-20)6-7-16(15)19;/h6-7,10H,3-5,8-9,12-13H2,1-2H3,(H2,21,22,23);1H. The Morgan fingerprint density at radius 2 is 2.08 bits per heavy atom. The zero-order valence-electron chi connectivity index (χ0n) is 14.4. The summed E-state index contributed by atoms with van der Waals surface area (Å²) in [6.07, 6.45) is 4.98. The highest BCUT2D eigenvalue weighted by Crippen LogP contribution is 2.42. The maximum atomic E-state index is 13.8. The fraction of sp³-hybridized carbons (Fsp3) is 0.556. The molecule has 0 saturated heterocycles. The molecule has 132 valence electrons. The largest absolute Gasteiger partial charge is 0.357 e. The molecule has 0 amide bonds. The van der Waals surface area contributed by atoms with Gasteiger partial charge >= 0.3 is 0 Å². The van der Waals surface area contributed by atoms with Gasteiger partial charge in [-0.3, -0.25) is 0 Å². The van der Waals surface area contributed by atoms with Crippen LogP contribution in [0.1, 0.15) is 50.7 Å². The summed E-state index contributed by atoms with van der Waals surface area (Å²) in [6, 6.07) is 6.39. The lowest BCUT2D eigenvalue weighted by atomic mass is 9.67. The minimum Gasteiger partial charge on any atom is -0.357 e. The maximum Gasteiger partial charge on any atom is 0.191 e. The van der Waals surface area contributed by atoms with Gasteiger partial charge in [-0.1, -0.05) is 13.3 Å². The second kappa shape index (κ2) is 9.82. The number of halogens is 2. The molecule has 2 rings (SSSR count). The molecule has 1 aromatic rings. The van der Waals surface area contributed by atoms with E-state index in [0.717, 1.165) is 19.5 Å². The fourth-order valence-corrected chi connectivity index (χ4v) is 2.87. The van der Waals surface area contributed by atoms with Crippen LogP contribution in [0.4, 0.5) is 4.39 Å². The first-order valence-electron chi connectivity index (χ1n) is 8.33. The van der Waals surface area contributed by atoms with Gasteiger partial charge < -0.3 is 10.6 Å². The molecule has 0 radical (unpaired) electrons. The smallest absolute Gasteiger partial charge is 0.191 e. The molecule has 0 spiro atoms. The average Bonchev–Trinajstić information content (AvgIpc) is 2.53. The Balaban J connectivity index is 0.00000288. The lowest BCUT2D eigenvalue weighted by Crippen LogP contribution is -2.46. The highest BCUT2D eigenvalue weighted by atomic mass is 127. The Labute approximate surface area is 161 Å². The third-order valence-electron chi connectivity index (χ3n) is 4.72. The number of nitrogens with one attached hydrogen (secondary N) is 2. The van der Waals surface area contributed by atoms with E-state index in [1.54, 1.807) is 6.07 Å². The molecule has 1 aliphatic rings. The zero-order valence-corrected chi connectivity index (χ0v) is 16.7. The van der Waals surface area contributed by atoms with Crippen molar-refractivity contribution in [3.05, 3.63) is 35.1 Å². The molecule has 1 saturated carbocycles. The molecule has 2 N–H and O–H groups in total. The van der Waals surface area contributed by atoms with Crippen molar-refractivity contribution in [1.29, 1.82) is 5.26 Å². The van der Waals surface area contributed by atoms with Gasteiger partial charge in [0.15, 0.2) is 5.96 Å². The predicted octanol–water partition coefficient (Wildman–Crippen LogP) is 3.95. The van der Waals surface area contributed by atoms with E-state index in [1.165, 1.54) is 31.4 Å². The Bertz CT molecular complexity index is 600. The van der Waals surface area contributed by atoms with Crippen LogP contribution in [-0.4, -0.2) is 19.0 Å². The van der Waals surface area contributed by atoms with Gasteiger partial charge in [0.2, 0.25) is 0 Å². The average molecular weight is 444 g/mol. The Hall–Kier alpha value is -1.36. The summed E-state index contributed by atoms with van der Waals surface area (Å²) in [5.41, 5.74) is 1.28. The fourth-order valence-electron chi connectivity index (χ4n) is 2.87. The van der Waals surface area contributed by atoms with Gasteiger partial charge in [-0.2, -0.15) is 5.26 Å². The molecule has 4 nitrogen and oxygen atoms in total. The lowest BCUT2D eigenvalue weighted by molar-refractivity contribution is 0.131. The van der Waals surface area contributed by atoms with Crippen LogP contribution in [0.3, 0.4) is 0 Å². The molecule has 0 bridgehead atoms. The Morgan fingerprint density at radius 3 is 2.62 bits per heavy atom. The van der Waals surface area contributed by atoms with Gasteiger partial charge in [-0.15, -0.1) is 24.0 Å². The normalized spacial score (nSPS) is 15.7. The van der Waals surface area contributed by atoms with E-state index < -0.39 is 0 Å². The number of benzene rings is 1. The number of guanidine groups is 1. The van der Waals surface area contributed by atoms with Crippen molar-refractivity contribution >= 4 is 29.9 Å². The summed E-state index contributed by atoms with van der Waals surface area (Å²) in [4.78, 5) is 4.46. The zero-order chi connectivity index (χ0) is 16.7.